The zero-order valence-electron chi connectivity index (χ0n) is 22.8. The third-order valence-corrected chi connectivity index (χ3v) is 13.0. The predicted octanol–water partition coefficient (Wildman–Crippen LogP) is 10.1. The van der Waals surface area contributed by atoms with Crippen LogP contribution in [-0.4, -0.2) is 14.7 Å². The molecule has 194 valence electrons. The van der Waals surface area contributed by atoms with E-state index < -0.39 is 4.32 Å². The van der Waals surface area contributed by atoms with E-state index >= 15 is 0 Å². The van der Waals surface area contributed by atoms with E-state index in [1.165, 1.54) is 89.9 Å². The molecule has 7 atom stereocenters. The largest absolute Gasteiger partial charge is 0.286 e. The molecule has 1 nitrogen and oxygen atoms in total. The highest BCUT2D eigenvalue weighted by atomic mass is 79.9. The first-order chi connectivity index (χ1) is 16.1. The number of carbonyl (C=O) groups is 1. The van der Waals surface area contributed by atoms with Crippen LogP contribution in [0.4, 0.5) is 0 Å². The Hall–Kier alpha value is 0.240. The maximum Gasteiger partial charge on any atom is 0.205 e. The van der Waals surface area contributed by atoms with E-state index in [2.05, 4.69) is 42.8 Å². The smallest absolute Gasteiger partial charge is 0.205 e. The number of unbranched alkanes of at least 4 members (excludes halogenated alkanes) is 5. The van der Waals surface area contributed by atoms with Gasteiger partial charge in [-0.05, 0) is 106 Å². The summed E-state index contributed by atoms with van der Waals surface area (Å²) in [6.07, 6.45) is 23.6. The Balaban J connectivity index is 1.38. The molecule has 0 bridgehead atoms. The van der Waals surface area contributed by atoms with Crippen LogP contribution in [0.5, 0.6) is 0 Å². The Morgan fingerprint density at radius 1 is 1.03 bits per heavy atom. The third kappa shape index (κ3) is 5.41. The molecular formula is C31H51BrOS. The Morgan fingerprint density at radius 2 is 1.76 bits per heavy atom. The first-order valence-electron chi connectivity index (χ1n) is 14.7. The van der Waals surface area contributed by atoms with Crippen LogP contribution in [0.3, 0.4) is 0 Å². The SMILES string of the molecule is CCCCCCCCC1CCC2C3CC=C4CC(SC(=O)C(C)(C)Br)CCC4(C)C3CCC12C. The molecule has 0 aromatic rings. The second-order valence-corrected chi connectivity index (χ2v) is 16.6. The Morgan fingerprint density at radius 3 is 2.50 bits per heavy atom. The molecule has 3 saturated carbocycles. The quantitative estimate of drug-likeness (QED) is 0.161. The number of alkyl halides is 1. The fourth-order valence-corrected chi connectivity index (χ4v) is 10.1. The summed E-state index contributed by atoms with van der Waals surface area (Å²) in [4.78, 5) is 12.6. The lowest BCUT2D eigenvalue weighted by Gasteiger charge is -2.58. The summed E-state index contributed by atoms with van der Waals surface area (Å²) < 4.78 is -0.410. The summed E-state index contributed by atoms with van der Waals surface area (Å²) in [5.41, 5.74) is 2.71. The highest BCUT2D eigenvalue weighted by Gasteiger charge is 2.58. The van der Waals surface area contributed by atoms with Gasteiger partial charge >= 0.3 is 0 Å². The van der Waals surface area contributed by atoms with Gasteiger partial charge in [0.2, 0.25) is 5.12 Å². The van der Waals surface area contributed by atoms with Crippen LogP contribution in [0.2, 0.25) is 0 Å². The van der Waals surface area contributed by atoms with Crippen molar-refractivity contribution in [2.24, 2.45) is 34.5 Å². The van der Waals surface area contributed by atoms with Gasteiger partial charge in [-0.15, -0.1) is 0 Å². The van der Waals surface area contributed by atoms with Gasteiger partial charge < -0.3 is 0 Å². The highest BCUT2D eigenvalue weighted by Crippen LogP contribution is 2.67. The van der Waals surface area contributed by atoms with Crippen molar-refractivity contribution >= 4 is 32.8 Å². The fraction of sp³-hybridized carbons (Fsp3) is 0.903. The minimum atomic E-state index is -0.410. The number of thioether (sulfide) groups is 1. The number of fused-ring (bicyclic) bond motifs is 5. The molecule has 0 aromatic carbocycles. The van der Waals surface area contributed by atoms with Crippen LogP contribution in [0.25, 0.3) is 0 Å². The maximum absolute atomic E-state index is 12.6. The zero-order chi connectivity index (χ0) is 24.6. The molecule has 0 heterocycles. The second kappa shape index (κ2) is 10.9. The summed E-state index contributed by atoms with van der Waals surface area (Å²) in [6.45, 7) is 11.6. The van der Waals surface area contributed by atoms with Gasteiger partial charge in [0.15, 0.2) is 0 Å². The van der Waals surface area contributed by atoms with Gasteiger partial charge in [-0.25, -0.2) is 0 Å². The molecule has 4 rings (SSSR count). The van der Waals surface area contributed by atoms with Crippen LogP contribution in [0.1, 0.15) is 131 Å². The molecule has 4 aliphatic rings. The fourth-order valence-electron chi connectivity index (χ4n) is 8.77. The second-order valence-electron chi connectivity index (χ2n) is 13.4. The van der Waals surface area contributed by atoms with Crippen molar-refractivity contribution in [3.05, 3.63) is 11.6 Å². The van der Waals surface area contributed by atoms with Gasteiger partial charge in [0.05, 0.1) is 4.32 Å². The van der Waals surface area contributed by atoms with E-state index in [1.54, 1.807) is 17.3 Å². The first-order valence-corrected chi connectivity index (χ1v) is 16.4. The Bertz CT molecular complexity index is 753. The summed E-state index contributed by atoms with van der Waals surface area (Å²) in [5.74, 6) is 3.73. The van der Waals surface area contributed by atoms with Gasteiger partial charge in [0.1, 0.15) is 0 Å². The Labute approximate surface area is 223 Å². The normalized spacial score (nSPS) is 39.7. The van der Waals surface area contributed by atoms with E-state index in [0.29, 0.717) is 21.2 Å². The van der Waals surface area contributed by atoms with E-state index in [1.807, 2.05) is 13.8 Å². The molecule has 4 aliphatic carbocycles. The molecule has 0 radical (unpaired) electrons. The summed E-state index contributed by atoms with van der Waals surface area (Å²) >= 11 is 5.19. The van der Waals surface area contributed by atoms with Crippen LogP contribution < -0.4 is 0 Å². The molecule has 34 heavy (non-hydrogen) atoms. The standard InChI is InChI=1S/C31H51BrOS/c1-6-7-8-9-10-11-12-22-14-16-26-25-15-13-23-21-24(34-28(33)29(2,3)32)17-19-31(23,5)27(25)18-20-30(22,26)4/h13,22,24-27H,6-12,14-21H2,1-5H3. The lowest BCUT2D eigenvalue weighted by molar-refractivity contribution is -0.112. The molecule has 3 fully saturated rings. The van der Waals surface area contributed by atoms with E-state index in [4.69, 9.17) is 0 Å². The molecule has 3 heteroatoms. The van der Waals surface area contributed by atoms with Crippen molar-refractivity contribution < 1.29 is 4.79 Å². The van der Waals surface area contributed by atoms with Gasteiger partial charge in [-0.1, -0.05) is 98.6 Å². The minimum Gasteiger partial charge on any atom is -0.286 e. The Kier molecular flexibility index (Phi) is 8.76. The van der Waals surface area contributed by atoms with Crippen molar-refractivity contribution in [1.82, 2.24) is 0 Å². The number of hydrogen-bond acceptors (Lipinski definition) is 2. The van der Waals surface area contributed by atoms with Gasteiger partial charge in [0.25, 0.3) is 0 Å². The van der Waals surface area contributed by atoms with Gasteiger partial charge in [-0.2, -0.15) is 0 Å². The predicted molar refractivity (Wildman–Crippen MR) is 153 cm³/mol. The number of halogens is 1. The summed E-state index contributed by atoms with van der Waals surface area (Å²) in [7, 11) is 0. The van der Waals surface area contributed by atoms with Crippen LogP contribution in [0.15, 0.2) is 11.6 Å². The topological polar surface area (TPSA) is 17.1 Å². The molecule has 0 aliphatic heterocycles. The van der Waals surface area contributed by atoms with Gasteiger partial charge in [0, 0.05) is 5.25 Å². The third-order valence-electron chi connectivity index (χ3n) is 10.9. The molecule has 7 unspecified atom stereocenters. The minimum absolute atomic E-state index is 0.297. The van der Waals surface area contributed by atoms with Crippen LogP contribution >= 0.6 is 27.7 Å². The molecular weight excluding hydrogens is 500 g/mol. The molecule has 0 spiro atoms. The average molecular weight is 552 g/mol. The maximum atomic E-state index is 12.6. The molecule has 0 saturated heterocycles. The summed E-state index contributed by atoms with van der Waals surface area (Å²) in [6, 6.07) is 0. The summed E-state index contributed by atoms with van der Waals surface area (Å²) in [5, 5.41) is 0.772. The van der Waals surface area contributed by atoms with Crippen molar-refractivity contribution in [1.29, 1.82) is 0 Å². The van der Waals surface area contributed by atoms with Crippen molar-refractivity contribution in [3.63, 3.8) is 0 Å². The van der Waals surface area contributed by atoms with Gasteiger partial charge in [-0.3, -0.25) is 4.79 Å². The van der Waals surface area contributed by atoms with Crippen molar-refractivity contribution in [2.75, 3.05) is 0 Å². The van der Waals surface area contributed by atoms with E-state index in [-0.39, 0.29) is 0 Å². The van der Waals surface area contributed by atoms with E-state index in [9.17, 15) is 4.79 Å². The number of hydrogen-bond donors (Lipinski definition) is 0. The molecule has 0 N–H and O–H groups in total. The lowest BCUT2D eigenvalue weighted by atomic mass is 9.47. The number of allylic oxidation sites excluding steroid dienone is 2. The first kappa shape index (κ1) is 27.3. The number of rotatable bonds is 9. The lowest BCUT2D eigenvalue weighted by Crippen LogP contribution is -2.50. The van der Waals surface area contributed by atoms with Crippen LogP contribution in [-0.2, 0) is 4.79 Å². The molecule has 0 aromatic heterocycles. The van der Waals surface area contributed by atoms with Crippen LogP contribution in [0, 0.1) is 34.5 Å². The van der Waals surface area contributed by atoms with E-state index in [0.717, 1.165) is 30.1 Å². The monoisotopic (exact) mass is 550 g/mol. The highest BCUT2D eigenvalue weighted by molar-refractivity contribution is 9.10. The zero-order valence-corrected chi connectivity index (χ0v) is 25.2. The molecule has 0 amide bonds. The van der Waals surface area contributed by atoms with Crippen molar-refractivity contribution in [2.45, 2.75) is 141 Å². The van der Waals surface area contributed by atoms with Crippen molar-refractivity contribution in [3.8, 4) is 0 Å². The number of carbonyl (C=O) groups excluding carboxylic acids is 1. The average Bonchev–Trinajstić information content (AvgIpc) is 3.12.